The molecule has 0 spiro atoms. The highest BCUT2D eigenvalue weighted by Crippen LogP contribution is 2.37. The summed E-state index contributed by atoms with van der Waals surface area (Å²) in [6.07, 6.45) is 6.58. The van der Waals surface area contributed by atoms with Crippen LogP contribution >= 0.6 is 0 Å². The Morgan fingerprint density at radius 1 is 1.14 bits per heavy atom. The standard InChI is InChI=1S/C18H27NO3/c1-20-17-8-7-14(13-18(17)21-2)16-6-3-10-19(16)11-9-15-5-4-12-22-15/h7-8,13,15-16H,3-6,9-12H2,1-2H3/t15-,16-/m1/s1. The summed E-state index contributed by atoms with van der Waals surface area (Å²) in [7, 11) is 3.38. The monoisotopic (exact) mass is 305 g/mol. The Morgan fingerprint density at radius 3 is 2.73 bits per heavy atom. The van der Waals surface area contributed by atoms with E-state index in [1.54, 1.807) is 14.2 Å². The van der Waals surface area contributed by atoms with Crippen molar-refractivity contribution in [3.63, 3.8) is 0 Å². The molecule has 2 atom stereocenters. The highest BCUT2D eigenvalue weighted by atomic mass is 16.5. The highest BCUT2D eigenvalue weighted by molar-refractivity contribution is 5.44. The van der Waals surface area contributed by atoms with Crippen molar-refractivity contribution in [1.29, 1.82) is 0 Å². The van der Waals surface area contributed by atoms with Gasteiger partial charge in [-0.2, -0.15) is 0 Å². The van der Waals surface area contributed by atoms with Crippen molar-refractivity contribution in [2.75, 3.05) is 33.9 Å². The number of hydrogen-bond acceptors (Lipinski definition) is 4. The van der Waals surface area contributed by atoms with Crippen LogP contribution in [-0.2, 0) is 4.74 Å². The molecule has 0 saturated carbocycles. The molecule has 0 bridgehead atoms. The van der Waals surface area contributed by atoms with Gasteiger partial charge in [-0.3, -0.25) is 4.90 Å². The van der Waals surface area contributed by atoms with E-state index >= 15 is 0 Å². The lowest BCUT2D eigenvalue weighted by molar-refractivity contribution is 0.0901. The predicted octanol–water partition coefficient (Wildman–Crippen LogP) is 3.41. The van der Waals surface area contributed by atoms with E-state index in [0.29, 0.717) is 12.1 Å². The fourth-order valence-electron chi connectivity index (χ4n) is 3.71. The molecule has 0 unspecified atom stereocenters. The van der Waals surface area contributed by atoms with E-state index in [1.807, 2.05) is 6.07 Å². The summed E-state index contributed by atoms with van der Waals surface area (Å²) in [5.41, 5.74) is 1.34. The van der Waals surface area contributed by atoms with Gasteiger partial charge < -0.3 is 14.2 Å². The first-order chi connectivity index (χ1) is 10.8. The van der Waals surface area contributed by atoms with Gasteiger partial charge in [-0.15, -0.1) is 0 Å². The van der Waals surface area contributed by atoms with Crippen LogP contribution in [0.2, 0.25) is 0 Å². The Hall–Kier alpha value is -1.26. The maximum absolute atomic E-state index is 5.76. The van der Waals surface area contributed by atoms with Crippen molar-refractivity contribution in [2.45, 2.75) is 44.2 Å². The number of likely N-dealkylation sites (tertiary alicyclic amines) is 1. The molecule has 22 heavy (non-hydrogen) atoms. The predicted molar refractivity (Wildman–Crippen MR) is 86.7 cm³/mol. The molecule has 0 N–H and O–H groups in total. The van der Waals surface area contributed by atoms with Crippen LogP contribution in [0.1, 0.15) is 43.7 Å². The van der Waals surface area contributed by atoms with Crippen LogP contribution in [0.15, 0.2) is 18.2 Å². The molecule has 2 fully saturated rings. The van der Waals surface area contributed by atoms with Crippen LogP contribution < -0.4 is 9.47 Å². The Balaban J connectivity index is 1.66. The molecule has 1 aromatic rings. The molecule has 4 heteroatoms. The van der Waals surface area contributed by atoms with Gasteiger partial charge in [0.05, 0.1) is 20.3 Å². The van der Waals surface area contributed by atoms with Gasteiger partial charge >= 0.3 is 0 Å². The maximum atomic E-state index is 5.76. The van der Waals surface area contributed by atoms with E-state index < -0.39 is 0 Å². The quantitative estimate of drug-likeness (QED) is 0.806. The molecule has 2 heterocycles. The third kappa shape index (κ3) is 3.39. The van der Waals surface area contributed by atoms with Gasteiger partial charge in [0.15, 0.2) is 11.5 Å². The smallest absolute Gasteiger partial charge is 0.161 e. The van der Waals surface area contributed by atoms with E-state index in [1.165, 1.54) is 37.8 Å². The summed E-state index contributed by atoms with van der Waals surface area (Å²) in [5, 5.41) is 0. The molecule has 1 aromatic carbocycles. The number of hydrogen-bond donors (Lipinski definition) is 0. The van der Waals surface area contributed by atoms with Gasteiger partial charge in [-0.1, -0.05) is 6.07 Å². The molecule has 2 aliphatic rings. The van der Waals surface area contributed by atoms with Crippen LogP contribution in [-0.4, -0.2) is 44.9 Å². The lowest BCUT2D eigenvalue weighted by Crippen LogP contribution is -2.27. The number of rotatable bonds is 6. The molecular formula is C18H27NO3. The van der Waals surface area contributed by atoms with Crippen LogP contribution in [0.4, 0.5) is 0 Å². The van der Waals surface area contributed by atoms with E-state index in [2.05, 4.69) is 17.0 Å². The molecule has 0 amide bonds. The Labute approximate surface area is 133 Å². The minimum absolute atomic E-state index is 0.478. The van der Waals surface area contributed by atoms with E-state index in [9.17, 15) is 0 Å². The second kappa shape index (κ2) is 7.34. The average Bonchev–Trinajstić information content (AvgIpc) is 3.23. The molecule has 4 nitrogen and oxygen atoms in total. The second-order valence-corrected chi connectivity index (χ2v) is 6.23. The zero-order valence-electron chi connectivity index (χ0n) is 13.7. The third-order valence-corrected chi connectivity index (χ3v) is 4.92. The fourth-order valence-corrected chi connectivity index (χ4v) is 3.71. The topological polar surface area (TPSA) is 30.9 Å². The van der Waals surface area contributed by atoms with Crippen LogP contribution in [0, 0.1) is 0 Å². The zero-order valence-corrected chi connectivity index (χ0v) is 13.7. The summed E-state index contributed by atoms with van der Waals surface area (Å²) >= 11 is 0. The first-order valence-corrected chi connectivity index (χ1v) is 8.39. The van der Waals surface area contributed by atoms with Gasteiger partial charge in [-0.25, -0.2) is 0 Å². The molecule has 0 radical (unpaired) electrons. The summed E-state index contributed by atoms with van der Waals surface area (Å²) < 4.78 is 16.5. The Morgan fingerprint density at radius 2 is 2.00 bits per heavy atom. The molecule has 122 valence electrons. The van der Waals surface area contributed by atoms with Crippen molar-refractivity contribution in [3.05, 3.63) is 23.8 Å². The molecule has 0 aliphatic carbocycles. The number of nitrogens with zero attached hydrogens (tertiary/aromatic N) is 1. The van der Waals surface area contributed by atoms with Crippen molar-refractivity contribution >= 4 is 0 Å². The van der Waals surface area contributed by atoms with Crippen LogP contribution in [0.3, 0.4) is 0 Å². The van der Waals surface area contributed by atoms with Crippen molar-refractivity contribution in [2.24, 2.45) is 0 Å². The maximum Gasteiger partial charge on any atom is 0.161 e. The third-order valence-electron chi connectivity index (χ3n) is 4.92. The van der Waals surface area contributed by atoms with E-state index in [0.717, 1.165) is 31.1 Å². The summed E-state index contributed by atoms with van der Waals surface area (Å²) in [6.45, 7) is 3.26. The second-order valence-electron chi connectivity index (χ2n) is 6.23. The first-order valence-electron chi connectivity index (χ1n) is 8.39. The first kappa shape index (κ1) is 15.6. The fraction of sp³-hybridized carbons (Fsp3) is 0.667. The lowest BCUT2D eigenvalue weighted by Gasteiger charge is -2.26. The normalized spacial score (nSPS) is 25.5. The molecule has 3 rings (SSSR count). The molecule has 0 aromatic heterocycles. The highest BCUT2D eigenvalue weighted by Gasteiger charge is 2.27. The Bertz CT molecular complexity index is 485. The van der Waals surface area contributed by atoms with Crippen molar-refractivity contribution in [1.82, 2.24) is 4.90 Å². The minimum atomic E-state index is 0.478. The number of methoxy groups -OCH3 is 2. The summed E-state index contributed by atoms with van der Waals surface area (Å²) in [6, 6.07) is 6.83. The SMILES string of the molecule is COc1ccc([C@H]2CCCN2CC[C@H]2CCCO2)cc1OC. The lowest BCUT2D eigenvalue weighted by atomic mass is 10.0. The minimum Gasteiger partial charge on any atom is -0.493 e. The van der Waals surface area contributed by atoms with E-state index in [4.69, 9.17) is 14.2 Å². The van der Waals surface area contributed by atoms with Crippen LogP contribution in [0.25, 0.3) is 0 Å². The van der Waals surface area contributed by atoms with Crippen LogP contribution in [0.5, 0.6) is 11.5 Å². The van der Waals surface area contributed by atoms with Gasteiger partial charge in [-0.05, 0) is 56.3 Å². The molecular weight excluding hydrogens is 278 g/mol. The molecule has 2 aliphatic heterocycles. The van der Waals surface area contributed by atoms with Crippen molar-refractivity contribution in [3.8, 4) is 11.5 Å². The summed E-state index contributed by atoms with van der Waals surface area (Å²) in [5.74, 6) is 1.63. The average molecular weight is 305 g/mol. The number of benzene rings is 1. The van der Waals surface area contributed by atoms with E-state index in [-0.39, 0.29) is 0 Å². The zero-order chi connectivity index (χ0) is 15.4. The van der Waals surface area contributed by atoms with Gasteiger partial charge in [0.1, 0.15) is 0 Å². The summed E-state index contributed by atoms with van der Waals surface area (Å²) in [4.78, 5) is 2.60. The van der Waals surface area contributed by atoms with Crippen molar-refractivity contribution < 1.29 is 14.2 Å². The largest absolute Gasteiger partial charge is 0.493 e. The number of ether oxygens (including phenoxy) is 3. The van der Waals surface area contributed by atoms with Gasteiger partial charge in [0.25, 0.3) is 0 Å². The molecule has 2 saturated heterocycles. The van der Waals surface area contributed by atoms with Gasteiger partial charge in [0.2, 0.25) is 0 Å². The Kier molecular flexibility index (Phi) is 5.21. The van der Waals surface area contributed by atoms with Gasteiger partial charge in [0, 0.05) is 19.2 Å².